The van der Waals surface area contributed by atoms with Gasteiger partial charge in [0.05, 0.1) is 5.57 Å². The van der Waals surface area contributed by atoms with Crippen molar-refractivity contribution >= 4 is 28.5 Å². The number of anilines is 1. The second-order valence-electron chi connectivity index (χ2n) is 6.19. The van der Waals surface area contributed by atoms with Gasteiger partial charge >= 0.3 is 22.7 Å². The monoisotopic (exact) mass is 484 g/mol. The molecule has 0 spiro atoms. The summed E-state index contributed by atoms with van der Waals surface area (Å²) in [6.45, 7) is 1.75. The number of rotatable bonds is 5. The molecule has 30 heavy (non-hydrogen) atoms. The van der Waals surface area contributed by atoms with Crippen LogP contribution in [0.4, 0.5) is 23.7 Å². The average Bonchev–Trinajstić information content (AvgIpc) is 2.70. The fourth-order valence-electron chi connectivity index (χ4n) is 2.75. The molecule has 0 aliphatic heterocycles. The van der Waals surface area contributed by atoms with Crippen molar-refractivity contribution in [3.05, 3.63) is 64.3 Å². The molecular weight excluding hydrogens is 464 g/mol. The molecule has 1 aliphatic rings. The van der Waals surface area contributed by atoms with Crippen LogP contribution < -0.4 is 5.01 Å². The number of thioether (sulfide) groups is 1. The number of hydrogen-bond acceptors (Lipinski definition) is 4. The number of aryl methyl sites for hydroxylation is 1. The molecule has 1 aromatic rings. The van der Waals surface area contributed by atoms with Crippen molar-refractivity contribution in [2.45, 2.75) is 26.1 Å². The van der Waals surface area contributed by atoms with E-state index in [1.807, 2.05) is 0 Å². The van der Waals surface area contributed by atoms with Gasteiger partial charge in [0.25, 0.3) is 0 Å². The van der Waals surface area contributed by atoms with E-state index in [-0.39, 0.29) is 23.1 Å². The molecule has 11 heteroatoms. The number of nitrogens with zero attached hydrogens (tertiary/aromatic N) is 3. The normalized spacial score (nSPS) is 16.4. The second-order valence-corrected chi connectivity index (χ2v) is 7.01. The molecule has 0 saturated carbocycles. The summed E-state index contributed by atoms with van der Waals surface area (Å²) in [6.07, 6.45) is 1.37. The van der Waals surface area contributed by atoms with E-state index in [4.69, 9.17) is 10.7 Å². The first-order valence-corrected chi connectivity index (χ1v) is 9.84. The minimum Gasteiger partial charge on any atom is -0.676 e. The Morgan fingerprint density at radius 2 is 2.13 bits per heavy atom. The number of benzene rings is 1. The molecular formula is C19H21F3N4NiO2S. The average molecular weight is 485 g/mol. The van der Waals surface area contributed by atoms with E-state index in [1.165, 1.54) is 24.9 Å². The smallest absolute Gasteiger partial charge is 0.676 e. The van der Waals surface area contributed by atoms with Gasteiger partial charge in [-0.3, -0.25) is 0 Å². The quantitative estimate of drug-likeness (QED) is 0.217. The maximum absolute atomic E-state index is 13.0. The van der Waals surface area contributed by atoms with Crippen LogP contribution in [0, 0.1) is 12.8 Å². The molecule has 1 aliphatic carbocycles. The maximum Gasteiger partial charge on any atom is 2.00 e. The van der Waals surface area contributed by atoms with Crippen molar-refractivity contribution in [2.75, 3.05) is 18.3 Å². The van der Waals surface area contributed by atoms with Gasteiger partial charge in [0.15, 0.2) is 0 Å². The van der Waals surface area contributed by atoms with Crippen LogP contribution in [0.5, 0.6) is 0 Å². The number of carbonyl (C=O) groups is 1. The van der Waals surface area contributed by atoms with Crippen molar-refractivity contribution in [1.82, 2.24) is 0 Å². The van der Waals surface area contributed by atoms with E-state index in [9.17, 15) is 18.0 Å². The number of halogens is 3. The summed E-state index contributed by atoms with van der Waals surface area (Å²) < 4.78 is 38.9. The summed E-state index contributed by atoms with van der Waals surface area (Å²) in [5, 5.41) is 8.57. The standard InChI is InChI=1S/C19H22F3N4O2S.Ni/c1-12-6-4-9-16(26(23)18(27)24-2)15(12)11-28-25-17(29-3)13-7-5-8-14(10-13)19(20,21)22;/h4-6,8-10,13,23H,7,11H2,1-3H3,(H,24,27);/q-1;+2/p-1. The summed E-state index contributed by atoms with van der Waals surface area (Å²) in [6, 6.07) is 4.36. The predicted molar refractivity (Wildman–Crippen MR) is 110 cm³/mol. The van der Waals surface area contributed by atoms with E-state index in [1.54, 1.807) is 31.4 Å². The fraction of sp³-hybridized carbons (Fsp3) is 0.368. The van der Waals surface area contributed by atoms with Gasteiger partial charge in [-0.2, -0.15) is 13.2 Å². The molecule has 2 amide bonds. The molecule has 0 aromatic heterocycles. The number of amides is 2. The molecule has 0 bridgehead atoms. The third-order valence-corrected chi connectivity index (χ3v) is 5.09. The minimum atomic E-state index is -4.41. The summed E-state index contributed by atoms with van der Waals surface area (Å²) in [5.41, 5.74) is 0.952. The fourth-order valence-corrected chi connectivity index (χ4v) is 3.34. The zero-order valence-electron chi connectivity index (χ0n) is 16.5. The molecule has 0 radical (unpaired) electrons. The van der Waals surface area contributed by atoms with Gasteiger partial charge in [-0.1, -0.05) is 54.3 Å². The molecule has 1 atom stereocenters. The molecule has 2 rings (SSSR count). The first-order valence-electron chi connectivity index (χ1n) is 8.62. The number of urea groups is 1. The summed E-state index contributed by atoms with van der Waals surface area (Å²) in [7, 11) is 1.30. The van der Waals surface area contributed by atoms with Gasteiger partial charge < -0.3 is 25.8 Å². The number of carbonyl (C=O) groups excluding carboxylic acids is 1. The Morgan fingerprint density at radius 1 is 1.43 bits per heavy atom. The van der Waals surface area contributed by atoms with Gasteiger partial charge in [0, 0.05) is 5.92 Å². The topological polar surface area (TPSA) is 79.8 Å². The van der Waals surface area contributed by atoms with E-state index in [0.29, 0.717) is 27.7 Å². The molecule has 6 nitrogen and oxygen atoms in total. The molecule has 1 N–H and O–H groups in total. The number of allylic oxidation sites excluding steroid dienone is 4. The predicted octanol–water partition coefficient (Wildman–Crippen LogP) is 6.15. The van der Waals surface area contributed by atoms with E-state index in [0.717, 1.165) is 17.7 Å². The number of oxime groups is 1. The Bertz CT molecular complexity index is 844. The second kappa shape index (κ2) is 11.4. The van der Waals surface area contributed by atoms with Crippen molar-refractivity contribution in [3.63, 3.8) is 0 Å². The SMILES string of the molecule is C[N-]C(=O)N([NH-])c1cccc(C)c1CON=C(SC)C1C=C(C(F)(F)F)C=CC1.[Ni+2]. The first kappa shape index (κ1) is 26.1. The third kappa shape index (κ3) is 6.52. The maximum atomic E-state index is 13.0. The Balaban J connectivity index is 0.00000450. The Morgan fingerprint density at radius 3 is 2.73 bits per heavy atom. The van der Waals surface area contributed by atoms with E-state index >= 15 is 0 Å². The van der Waals surface area contributed by atoms with Crippen molar-refractivity contribution in [1.29, 1.82) is 0 Å². The molecule has 0 saturated heterocycles. The molecule has 0 fully saturated rings. The van der Waals surface area contributed by atoms with Crippen LogP contribution in [0.2, 0.25) is 0 Å². The summed E-state index contributed by atoms with van der Waals surface area (Å²) in [4.78, 5) is 17.1. The number of hydrogen-bond donors (Lipinski definition) is 0. The van der Waals surface area contributed by atoms with Gasteiger partial charge in [-0.15, -0.1) is 11.8 Å². The zero-order valence-corrected chi connectivity index (χ0v) is 18.3. The van der Waals surface area contributed by atoms with Gasteiger partial charge in [0.1, 0.15) is 17.7 Å². The minimum absolute atomic E-state index is 0. The van der Waals surface area contributed by atoms with Gasteiger partial charge in [0.2, 0.25) is 0 Å². The van der Waals surface area contributed by atoms with Crippen molar-refractivity contribution < 1.29 is 39.3 Å². The van der Waals surface area contributed by atoms with Crippen LogP contribution in [0.3, 0.4) is 0 Å². The first-order chi connectivity index (χ1) is 13.7. The number of nitrogens with one attached hydrogen (secondary N) is 1. The zero-order chi connectivity index (χ0) is 21.6. The van der Waals surface area contributed by atoms with Gasteiger partial charge in [-0.05, 0) is 30.7 Å². The van der Waals surface area contributed by atoms with E-state index in [2.05, 4.69) is 10.5 Å². The Hall–Kier alpha value is -1.97. The van der Waals surface area contributed by atoms with Crippen molar-refractivity contribution in [2.24, 2.45) is 11.1 Å². The van der Waals surface area contributed by atoms with Gasteiger partial charge in [-0.25, -0.2) is 0 Å². The number of alkyl halides is 3. The Kier molecular flexibility index (Phi) is 9.93. The van der Waals surface area contributed by atoms with Crippen LogP contribution >= 0.6 is 11.8 Å². The third-order valence-electron chi connectivity index (χ3n) is 4.29. The van der Waals surface area contributed by atoms with Crippen LogP contribution in [0.1, 0.15) is 17.5 Å². The summed E-state index contributed by atoms with van der Waals surface area (Å²) >= 11 is 1.21. The summed E-state index contributed by atoms with van der Waals surface area (Å²) in [5.74, 6) is 7.40. The van der Waals surface area contributed by atoms with E-state index < -0.39 is 23.7 Å². The Labute approximate surface area is 187 Å². The van der Waals surface area contributed by atoms with Crippen LogP contribution in [0.25, 0.3) is 11.2 Å². The molecule has 166 valence electrons. The van der Waals surface area contributed by atoms with Crippen LogP contribution in [-0.4, -0.2) is 30.6 Å². The largest absolute Gasteiger partial charge is 2.00 e. The molecule has 1 unspecified atom stereocenters. The van der Waals surface area contributed by atoms with Crippen LogP contribution in [-0.2, 0) is 27.9 Å². The molecule has 1 aromatic carbocycles. The molecule has 0 heterocycles. The van der Waals surface area contributed by atoms with Crippen LogP contribution in [0.15, 0.2) is 47.2 Å². The van der Waals surface area contributed by atoms with Crippen molar-refractivity contribution in [3.8, 4) is 0 Å².